The molecule has 0 aromatic carbocycles. The van der Waals surface area contributed by atoms with Crippen LogP contribution in [-0.4, -0.2) is 52.0 Å². The van der Waals surface area contributed by atoms with E-state index in [1.165, 1.54) is 0 Å². The molecule has 0 N–H and O–H groups in total. The zero-order valence-electron chi connectivity index (χ0n) is 9.89. The minimum atomic E-state index is 0. The monoisotopic (exact) mass is 251 g/mol. The van der Waals surface area contributed by atoms with Crippen LogP contribution in [-0.2, 0) is 17.1 Å². The van der Waals surface area contributed by atoms with Gasteiger partial charge >= 0.3 is 0 Å². The van der Waals surface area contributed by atoms with E-state index in [9.17, 15) is 0 Å². The van der Waals surface area contributed by atoms with Gasteiger partial charge in [0.25, 0.3) is 0 Å². The van der Waals surface area contributed by atoms with Gasteiger partial charge in [-0.15, -0.1) is 0 Å². The Balaban J connectivity index is -0.000000187. The van der Waals surface area contributed by atoms with Crippen molar-refractivity contribution < 1.29 is 17.1 Å². The van der Waals surface area contributed by atoms with E-state index in [1.54, 1.807) is 39.0 Å². The van der Waals surface area contributed by atoms with Crippen LogP contribution >= 0.6 is 0 Å². The number of hydrogen-bond donors (Lipinski definition) is 0. The maximum absolute atomic E-state index is 3.94. The van der Waals surface area contributed by atoms with Gasteiger partial charge in [0, 0.05) is 69.1 Å². The smallest absolute Gasteiger partial charge is 0.0390 e. The Morgan fingerprint density at radius 2 is 1.07 bits per heavy atom. The van der Waals surface area contributed by atoms with Crippen LogP contribution in [0.5, 0.6) is 0 Å². The zero-order chi connectivity index (χ0) is 11.1. The van der Waals surface area contributed by atoms with Crippen LogP contribution in [0, 0.1) is 0 Å². The molecular formula is C10H20MnN4. The summed E-state index contributed by atoms with van der Waals surface area (Å²) in [5.41, 5.74) is 0. The van der Waals surface area contributed by atoms with E-state index in [-0.39, 0.29) is 17.1 Å². The van der Waals surface area contributed by atoms with Gasteiger partial charge in [-0.1, -0.05) is 0 Å². The van der Waals surface area contributed by atoms with E-state index in [0.717, 1.165) is 13.1 Å². The third-order valence-electron chi connectivity index (χ3n) is 1.01. The van der Waals surface area contributed by atoms with Gasteiger partial charge in [-0.25, -0.2) is 0 Å². The van der Waals surface area contributed by atoms with Gasteiger partial charge in [0.2, 0.25) is 0 Å². The Morgan fingerprint density at radius 1 is 0.733 bits per heavy atom. The molecule has 4 nitrogen and oxygen atoms in total. The maximum atomic E-state index is 3.94. The Bertz CT molecular complexity index is 176. The zero-order valence-corrected chi connectivity index (χ0v) is 11.1. The molecule has 0 atom stereocenters. The molecule has 0 aliphatic carbocycles. The molecule has 0 rings (SSSR count). The molecule has 0 heterocycles. The van der Waals surface area contributed by atoms with Crippen LogP contribution in [0.3, 0.4) is 0 Å². The quantitative estimate of drug-likeness (QED) is 0.538. The van der Waals surface area contributed by atoms with Crippen molar-refractivity contribution in [3.63, 3.8) is 0 Å². The van der Waals surface area contributed by atoms with Crippen molar-refractivity contribution in [1.29, 1.82) is 0 Å². The summed E-state index contributed by atoms with van der Waals surface area (Å²) in [5, 5.41) is 0. The summed E-state index contributed by atoms with van der Waals surface area (Å²) in [4.78, 5) is 15.2. The minimum absolute atomic E-state index is 0. The topological polar surface area (TPSA) is 49.4 Å². The molecule has 5 heteroatoms. The van der Waals surface area contributed by atoms with Gasteiger partial charge in [0.1, 0.15) is 0 Å². The van der Waals surface area contributed by atoms with Gasteiger partial charge in [-0.3, -0.25) is 20.0 Å². The normalized spacial score (nSPS) is 10.9. The first-order valence-electron chi connectivity index (χ1n) is 4.64. The molecule has 0 fully saturated rings. The molecule has 0 aromatic rings. The van der Waals surface area contributed by atoms with Crippen molar-refractivity contribution in [2.24, 2.45) is 20.0 Å². The summed E-state index contributed by atoms with van der Waals surface area (Å²) in [6.45, 7) is 5.68. The maximum Gasteiger partial charge on any atom is 0.0390 e. The van der Waals surface area contributed by atoms with Crippen LogP contribution in [0.4, 0.5) is 0 Å². The van der Waals surface area contributed by atoms with Crippen molar-refractivity contribution in [2.75, 3.05) is 27.2 Å². The molecule has 0 aliphatic rings. The first kappa shape index (κ1) is 19.7. The largest absolute Gasteiger partial charge is 0.295 e. The third-order valence-corrected chi connectivity index (χ3v) is 1.01. The van der Waals surface area contributed by atoms with E-state index in [2.05, 4.69) is 20.0 Å². The first-order chi connectivity index (χ1) is 6.83. The fourth-order valence-corrected chi connectivity index (χ4v) is 0.438. The summed E-state index contributed by atoms with van der Waals surface area (Å²) >= 11 is 0. The molecule has 0 saturated heterocycles. The van der Waals surface area contributed by atoms with Crippen LogP contribution < -0.4 is 0 Å². The fourth-order valence-electron chi connectivity index (χ4n) is 0.438. The SMILES string of the molecule is CCN=CC=NCC.CN=CC=NC.[Mn]. The first-order valence-corrected chi connectivity index (χ1v) is 4.64. The van der Waals surface area contributed by atoms with Crippen molar-refractivity contribution in [1.82, 2.24) is 0 Å². The Morgan fingerprint density at radius 3 is 1.27 bits per heavy atom. The Hall–Kier alpha value is -0.801. The van der Waals surface area contributed by atoms with Gasteiger partial charge < -0.3 is 0 Å². The van der Waals surface area contributed by atoms with Crippen LogP contribution in [0.1, 0.15) is 13.8 Å². The molecule has 0 saturated carbocycles. The summed E-state index contributed by atoms with van der Waals surface area (Å²) in [6.07, 6.45) is 6.73. The Kier molecular flexibility index (Phi) is 30.5. The van der Waals surface area contributed by atoms with Gasteiger partial charge in [-0.2, -0.15) is 0 Å². The molecular weight excluding hydrogens is 231 g/mol. The van der Waals surface area contributed by atoms with Gasteiger partial charge in [0.05, 0.1) is 0 Å². The minimum Gasteiger partial charge on any atom is -0.295 e. The molecule has 0 bridgehead atoms. The van der Waals surface area contributed by atoms with Crippen molar-refractivity contribution >= 4 is 24.9 Å². The fraction of sp³-hybridized carbons (Fsp3) is 0.600. The summed E-state index contributed by atoms with van der Waals surface area (Å²) < 4.78 is 0. The van der Waals surface area contributed by atoms with E-state index in [0.29, 0.717) is 0 Å². The van der Waals surface area contributed by atoms with Crippen LogP contribution in [0.15, 0.2) is 20.0 Å². The van der Waals surface area contributed by atoms with E-state index in [1.807, 2.05) is 13.8 Å². The number of rotatable bonds is 4. The second-order valence-corrected chi connectivity index (χ2v) is 2.11. The van der Waals surface area contributed by atoms with E-state index in [4.69, 9.17) is 0 Å². The van der Waals surface area contributed by atoms with E-state index >= 15 is 0 Å². The van der Waals surface area contributed by atoms with E-state index < -0.39 is 0 Å². The van der Waals surface area contributed by atoms with Crippen molar-refractivity contribution in [3.05, 3.63) is 0 Å². The predicted octanol–water partition coefficient (Wildman–Crippen LogP) is 1.55. The predicted molar refractivity (Wildman–Crippen MR) is 66.9 cm³/mol. The standard InChI is InChI=1S/C6H12N2.C4H8N2.Mn/c1-3-7-5-6-8-4-2;1-5-3-4-6-2;/h5-6H,3-4H2,1-2H3;3-4H,1-2H3;. The van der Waals surface area contributed by atoms with Crippen molar-refractivity contribution in [2.45, 2.75) is 13.8 Å². The average molecular weight is 251 g/mol. The van der Waals surface area contributed by atoms with Crippen LogP contribution in [0.25, 0.3) is 0 Å². The third kappa shape index (κ3) is 31.9. The molecule has 0 unspecified atom stereocenters. The molecule has 0 aliphatic heterocycles. The number of nitrogens with zero attached hydrogens (tertiary/aromatic N) is 4. The molecule has 0 amide bonds. The van der Waals surface area contributed by atoms with Crippen molar-refractivity contribution in [3.8, 4) is 0 Å². The Labute approximate surface area is 103 Å². The molecule has 87 valence electrons. The summed E-state index contributed by atoms with van der Waals surface area (Å²) in [6, 6.07) is 0. The average Bonchev–Trinajstić information content (AvgIpc) is 2.22. The van der Waals surface area contributed by atoms with Crippen LogP contribution in [0.2, 0.25) is 0 Å². The summed E-state index contributed by atoms with van der Waals surface area (Å²) in [5.74, 6) is 0. The second kappa shape index (κ2) is 23.2. The number of aliphatic imine (C=N–C) groups is 4. The molecule has 15 heavy (non-hydrogen) atoms. The summed E-state index contributed by atoms with van der Waals surface area (Å²) in [7, 11) is 3.42. The number of hydrogen-bond acceptors (Lipinski definition) is 4. The molecule has 1 radical (unpaired) electrons. The van der Waals surface area contributed by atoms with Gasteiger partial charge in [0.15, 0.2) is 0 Å². The van der Waals surface area contributed by atoms with Gasteiger partial charge in [-0.05, 0) is 13.8 Å². The second-order valence-electron chi connectivity index (χ2n) is 2.11. The molecule has 0 aromatic heterocycles. The molecule has 0 spiro atoms.